The van der Waals surface area contributed by atoms with Crippen molar-refractivity contribution < 1.29 is 4.79 Å². The third-order valence-electron chi connectivity index (χ3n) is 3.74. The van der Waals surface area contributed by atoms with E-state index in [0.29, 0.717) is 11.4 Å². The van der Waals surface area contributed by atoms with Crippen LogP contribution in [0.15, 0.2) is 65.1 Å². The van der Waals surface area contributed by atoms with E-state index in [-0.39, 0.29) is 11.4 Å². The molecule has 0 atom stereocenters. The number of nitrogens with one attached hydrogen (secondary N) is 1. The van der Waals surface area contributed by atoms with Gasteiger partial charge in [0.05, 0.1) is 11.2 Å². The Morgan fingerprint density at radius 3 is 2.40 bits per heavy atom. The zero-order valence-electron chi connectivity index (χ0n) is 14.5. The average molecular weight is 398 g/mol. The van der Waals surface area contributed by atoms with Gasteiger partial charge in [0.2, 0.25) is 0 Å². The van der Waals surface area contributed by atoms with Gasteiger partial charge in [0.1, 0.15) is 5.82 Å². The number of hydrogen-bond donors (Lipinski definition) is 1. The average Bonchev–Trinajstić information content (AvgIpc) is 3.00. The van der Waals surface area contributed by atoms with Gasteiger partial charge in [-0.3, -0.25) is 4.79 Å². The Bertz CT molecular complexity index is 895. The van der Waals surface area contributed by atoms with E-state index in [1.807, 2.05) is 53.2 Å². The minimum atomic E-state index is -0.257. The van der Waals surface area contributed by atoms with Gasteiger partial charge < -0.3 is 5.32 Å². The molecular weight excluding hydrogens is 378 g/mol. The monoisotopic (exact) mass is 397 g/mol. The number of amides is 1. The molecular formula is C20H20BrN3O. The first-order valence-corrected chi connectivity index (χ1v) is 8.87. The summed E-state index contributed by atoms with van der Waals surface area (Å²) < 4.78 is 2.72. The number of carbonyl (C=O) groups excluding carboxylic acids is 1. The summed E-state index contributed by atoms with van der Waals surface area (Å²) in [5.74, 6) is 0.516. The van der Waals surface area contributed by atoms with Crippen LogP contribution in [0.5, 0.6) is 0 Å². The lowest BCUT2D eigenvalue weighted by Gasteiger charge is -2.22. The van der Waals surface area contributed by atoms with E-state index >= 15 is 0 Å². The van der Waals surface area contributed by atoms with Crippen LogP contribution < -0.4 is 5.32 Å². The largest absolute Gasteiger partial charge is 0.307 e. The smallest absolute Gasteiger partial charge is 0.256 e. The van der Waals surface area contributed by atoms with Crippen molar-refractivity contribution in [2.24, 2.45) is 0 Å². The zero-order chi connectivity index (χ0) is 18.0. The zero-order valence-corrected chi connectivity index (χ0v) is 16.0. The predicted octanol–water partition coefficient (Wildman–Crippen LogP) is 5.32. The number of anilines is 1. The Kier molecular flexibility index (Phi) is 4.77. The van der Waals surface area contributed by atoms with Crippen molar-refractivity contribution in [3.63, 3.8) is 0 Å². The molecule has 2 aromatic carbocycles. The quantitative estimate of drug-likeness (QED) is 0.649. The molecule has 0 fully saturated rings. The molecule has 0 spiro atoms. The highest BCUT2D eigenvalue weighted by Crippen LogP contribution is 2.27. The van der Waals surface area contributed by atoms with E-state index in [1.54, 1.807) is 12.1 Å². The number of carbonyl (C=O) groups is 1. The van der Waals surface area contributed by atoms with Crippen LogP contribution >= 0.6 is 15.9 Å². The van der Waals surface area contributed by atoms with Crippen molar-refractivity contribution in [3.05, 3.63) is 70.7 Å². The number of benzene rings is 2. The van der Waals surface area contributed by atoms with Crippen molar-refractivity contribution in [1.29, 1.82) is 0 Å². The molecule has 0 saturated heterocycles. The normalized spacial score (nSPS) is 11.4. The molecule has 0 saturated carbocycles. The molecule has 25 heavy (non-hydrogen) atoms. The van der Waals surface area contributed by atoms with Crippen LogP contribution in [0, 0.1) is 0 Å². The molecule has 0 unspecified atom stereocenters. The molecule has 0 aliphatic rings. The van der Waals surface area contributed by atoms with Gasteiger partial charge in [-0.1, -0.05) is 52.3 Å². The fourth-order valence-corrected chi connectivity index (χ4v) is 2.95. The van der Waals surface area contributed by atoms with Crippen molar-refractivity contribution in [3.8, 4) is 11.3 Å². The second-order valence-electron chi connectivity index (χ2n) is 6.83. The van der Waals surface area contributed by atoms with Crippen LogP contribution in [-0.2, 0) is 5.54 Å². The first kappa shape index (κ1) is 17.4. The molecule has 1 aromatic heterocycles. The Balaban J connectivity index is 1.97. The summed E-state index contributed by atoms with van der Waals surface area (Å²) in [6.45, 7) is 6.18. The number of nitrogens with zero attached hydrogens (tertiary/aromatic N) is 2. The maximum absolute atomic E-state index is 12.6. The first-order chi connectivity index (χ1) is 11.8. The van der Waals surface area contributed by atoms with E-state index < -0.39 is 0 Å². The van der Waals surface area contributed by atoms with Gasteiger partial charge in [0.25, 0.3) is 5.91 Å². The van der Waals surface area contributed by atoms with E-state index in [1.165, 1.54) is 0 Å². The summed E-state index contributed by atoms with van der Waals surface area (Å²) in [6.07, 6.45) is 0. The van der Waals surface area contributed by atoms with Crippen molar-refractivity contribution in [2.75, 3.05) is 5.32 Å². The Morgan fingerprint density at radius 1 is 1.04 bits per heavy atom. The highest BCUT2D eigenvalue weighted by atomic mass is 79.9. The number of rotatable bonds is 3. The molecule has 0 radical (unpaired) electrons. The molecule has 1 N–H and O–H groups in total. The molecule has 3 aromatic rings. The fraction of sp³-hybridized carbons (Fsp3) is 0.200. The minimum absolute atomic E-state index is 0.161. The van der Waals surface area contributed by atoms with Crippen LogP contribution in [0.4, 0.5) is 5.82 Å². The second kappa shape index (κ2) is 6.84. The van der Waals surface area contributed by atoms with Gasteiger partial charge in [0.15, 0.2) is 0 Å². The van der Waals surface area contributed by atoms with Crippen molar-refractivity contribution in [2.45, 2.75) is 26.3 Å². The summed E-state index contributed by atoms with van der Waals surface area (Å²) in [7, 11) is 0. The Labute approximate surface area is 156 Å². The Hall–Kier alpha value is -2.40. The SMILES string of the molecule is CC(C)(C)n1nc(-c2ccccc2)cc1NC(=O)c1cccc(Br)c1. The second-order valence-corrected chi connectivity index (χ2v) is 7.74. The number of hydrogen-bond acceptors (Lipinski definition) is 2. The topological polar surface area (TPSA) is 46.9 Å². The molecule has 128 valence electrons. The highest BCUT2D eigenvalue weighted by Gasteiger charge is 2.21. The van der Waals surface area contributed by atoms with Crippen molar-refractivity contribution in [1.82, 2.24) is 9.78 Å². The third kappa shape index (κ3) is 3.99. The number of halogens is 1. The molecule has 5 heteroatoms. The molecule has 0 bridgehead atoms. The van der Waals surface area contributed by atoms with E-state index in [0.717, 1.165) is 15.7 Å². The third-order valence-corrected chi connectivity index (χ3v) is 4.24. The summed E-state index contributed by atoms with van der Waals surface area (Å²) in [5, 5.41) is 7.70. The van der Waals surface area contributed by atoms with Crippen LogP contribution in [0.3, 0.4) is 0 Å². The molecule has 3 rings (SSSR count). The van der Waals surface area contributed by atoms with Gasteiger partial charge in [-0.25, -0.2) is 4.68 Å². The summed E-state index contributed by atoms with van der Waals surface area (Å²) >= 11 is 3.40. The minimum Gasteiger partial charge on any atom is -0.307 e. The fourth-order valence-electron chi connectivity index (χ4n) is 2.55. The predicted molar refractivity (Wildman–Crippen MR) is 105 cm³/mol. The van der Waals surface area contributed by atoms with Gasteiger partial charge in [-0.2, -0.15) is 5.10 Å². The highest BCUT2D eigenvalue weighted by molar-refractivity contribution is 9.10. The van der Waals surface area contributed by atoms with Crippen LogP contribution in [-0.4, -0.2) is 15.7 Å². The molecule has 1 heterocycles. The summed E-state index contributed by atoms with van der Waals surface area (Å²) in [5.41, 5.74) is 2.19. The van der Waals surface area contributed by atoms with Crippen LogP contribution in [0.2, 0.25) is 0 Å². The van der Waals surface area contributed by atoms with E-state index in [9.17, 15) is 4.79 Å². The molecule has 1 amide bonds. The molecule has 4 nitrogen and oxygen atoms in total. The van der Waals surface area contributed by atoms with Crippen LogP contribution in [0.25, 0.3) is 11.3 Å². The van der Waals surface area contributed by atoms with Gasteiger partial charge >= 0.3 is 0 Å². The lowest BCUT2D eigenvalue weighted by molar-refractivity contribution is 0.102. The van der Waals surface area contributed by atoms with Crippen molar-refractivity contribution >= 4 is 27.7 Å². The Morgan fingerprint density at radius 2 is 1.76 bits per heavy atom. The van der Waals surface area contributed by atoms with E-state index in [2.05, 4.69) is 42.0 Å². The van der Waals surface area contributed by atoms with Gasteiger partial charge in [-0.15, -0.1) is 0 Å². The first-order valence-electron chi connectivity index (χ1n) is 8.07. The molecule has 0 aliphatic carbocycles. The lowest BCUT2D eigenvalue weighted by atomic mass is 10.1. The standard InChI is InChI=1S/C20H20BrN3O/c1-20(2,3)24-18(13-17(23-24)14-8-5-4-6-9-14)22-19(25)15-10-7-11-16(21)12-15/h4-13H,1-3H3,(H,22,25). The summed E-state index contributed by atoms with van der Waals surface area (Å²) in [4.78, 5) is 12.6. The maximum atomic E-state index is 12.6. The lowest BCUT2D eigenvalue weighted by Crippen LogP contribution is -2.26. The van der Waals surface area contributed by atoms with E-state index in [4.69, 9.17) is 5.10 Å². The van der Waals surface area contributed by atoms with Gasteiger partial charge in [0, 0.05) is 21.7 Å². The molecule has 0 aliphatic heterocycles. The van der Waals surface area contributed by atoms with Gasteiger partial charge in [-0.05, 0) is 39.0 Å². The van der Waals surface area contributed by atoms with Crippen LogP contribution in [0.1, 0.15) is 31.1 Å². The number of aromatic nitrogens is 2. The summed E-state index contributed by atoms with van der Waals surface area (Å²) in [6, 6.07) is 19.2. The maximum Gasteiger partial charge on any atom is 0.256 e.